The molecule has 3 heterocycles. The van der Waals surface area contributed by atoms with Crippen LogP contribution < -0.4 is 11.1 Å². The summed E-state index contributed by atoms with van der Waals surface area (Å²) in [6, 6.07) is 18.3. The van der Waals surface area contributed by atoms with Crippen molar-refractivity contribution in [1.29, 1.82) is 0 Å². The van der Waals surface area contributed by atoms with Gasteiger partial charge in [-0.25, -0.2) is 4.98 Å². The molecule has 0 bridgehead atoms. The molecule has 158 valence electrons. The lowest BCUT2D eigenvalue weighted by atomic mass is 9.96. The number of hydrogen-bond donors (Lipinski definition) is 2. The number of thiazole rings is 1. The van der Waals surface area contributed by atoms with E-state index in [-0.39, 0.29) is 12.0 Å². The molecule has 0 amide bonds. The number of fused-ring (bicyclic) bond motifs is 1. The van der Waals surface area contributed by atoms with Crippen molar-refractivity contribution in [3.63, 3.8) is 0 Å². The number of para-hydroxylation sites is 2. The van der Waals surface area contributed by atoms with Gasteiger partial charge in [-0.3, -0.25) is 4.90 Å². The lowest BCUT2D eigenvalue weighted by Gasteiger charge is -2.34. The summed E-state index contributed by atoms with van der Waals surface area (Å²) < 4.78 is 1.27. The lowest BCUT2D eigenvalue weighted by molar-refractivity contribution is 0.157. The van der Waals surface area contributed by atoms with Gasteiger partial charge in [-0.1, -0.05) is 30.3 Å². The van der Waals surface area contributed by atoms with E-state index < -0.39 is 0 Å². The van der Waals surface area contributed by atoms with Gasteiger partial charge in [0.15, 0.2) is 5.82 Å². The van der Waals surface area contributed by atoms with Crippen molar-refractivity contribution in [2.75, 3.05) is 24.1 Å². The molecular formula is C23H25N7S. The van der Waals surface area contributed by atoms with Gasteiger partial charge in [0.05, 0.1) is 21.3 Å². The first-order valence-electron chi connectivity index (χ1n) is 10.6. The number of rotatable bonds is 5. The van der Waals surface area contributed by atoms with E-state index in [9.17, 15) is 0 Å². The molecule has 0 aliphatic carbocycles. The molecule has 1 fully saturated rings. The molecule has 1 aliphatic heterocycles. The van der Waals surface area contributed by atoms with Gasteiger partial charge in [0.25, 0.3) is 0 Å². The first kappa shape index (κ1) is 19.8. The van der Waals surface area contributed by atoms with Crippen LogP contribution in [0.5, 0.6) is 0 Å². The van der Waals surface area contributed by atoms with Gasteiger partial charge in [0.1, 0.15) is 0 Å². The lowest BCUT2D eigenvalue weighted by Crippen LogP contribution is -2.36. The van der Waals surface area contributed by atoms with E-state index >= 15 is 0 Å². The van der Waals surface area contributed by atoms with Crippen LogP contribution in [0.4, 0.5) is 17.6 Å². The number of nitrogen functional groups attached to an aromatic ring is 1. The zero-order chi connectivity index (χ0) is 21.2. The molecule has 2 aromatic carbocycles. The molecule has 1 saturated heterocycles. The van der Waals surface area contributed by atoms with Crippen LogP contribution in [0.2, 0.25) is 0 Å². The maximum absolute atomic E-state index is 5.99. The predicted molar refractivity (Wildman–Crippen MR) is 126 cm³/mol. The molecule has 1 aliphatic rings. The number of likely N-dealkylation sites (tertiary alicyclic amines) is 1. The van der Waals surface area contributed by atoms with Crippen LogP contribution in [0.15, 0.2) is 54.6 Å². The summed E-state index contributed by atoms with van der Waals surface area (Å²) in [5, 5.41) is 4.47. The third-order valence-electron chi connectivity index (χ3n) is 5.81. The van der Waals surface area contributed by atoms with Gasteiger partial charge in [0, 0.05) is 11.6 Å². The molecule has 4 aromatic rings. The van der Waals surface area contributed by atoms with Gasteiger partial charge in [-0.15, -0.1) is 11.3 Å². The monoisotopic (exact) mass is 431 g/mol. The number of nitrogens with one attached hydrogen (secondary N) is 1. The topological polar surface area (TPSA) is 92.8 Å². The predicted octanol–water partition coefficient (Wildman–Crippen LogP) is 4.75. The molecule has 0 spiro atoms. The molecule has 8 heteroatoms. The van der Waals surface area contributed by atoms with Crippen LogP contribution in [-0.4, -0.2) is 37.9 Å². The van der Waals surface area contributed by atoms with Crippen molar-refractivity contribution in [3.8, 4) is 0 Å². The summed E-state index contributed by atoms with van der Waals surface area (Å²) in [5.74, 6) is 1.92. The minimum atomic E-state index is 0.0675. The molecule has 31 heavy (non-hydrogen) atoms. The molecule has 1 unspecified atom stereocenters. The molecule has 0 radical (unpaired) electrons. The summed E-state index contributed by atoms with van der Waals surface area (Å²) >= 11 is 1.83. The SMILES string of the molecule is CC(c1nc(N)nc(Nc2ccccc2)n1)N1CCC(c2nc3ccccc3s2)CC1. The second-order valence-corrected chi connectivity index (χ2v) is 8.93. The molecular weight excluding hydrogens is 406 g/mol. The minimum absolute atomic E-state index is 0.0675. The Balaban J connectivity index is 1.27. The molecule has 2 aromatic heterocycles. The molecule has 3 N–H and O–H groups in total. The number of hydrogen-bond acceptors (Lipinski definition) is 8. The zero-order valence-corrected chi connectivity index (χ0v) is 18.2. The highest BCUT2D eigenvalue weighted by atomic mass is 32.1. The Morgan fingerprint density at radius 2 is 1.71 bits per heavy atom. The Labute approximate surface area is 185 Å². The van der Waals surface area contributed by atoms with Gasteiger partial charge < -0.3 is 11.1 Å². The van der Waals surface area contributed by atoms with E-state index in [1.54, 1.807) is 0 Å². The number of anilines is 3. The number of aromatic nitrogens is 4. The maximum atomic E-state index is 5.99. The fourth-order valence-electron chi connectivity index (χ4n) is 4.06. The van der Waals surface area contributed by atoms with E-state index in [1.807, 2.05) is 41.7 Å². The van der Waals surface area contributed by atoms with Crippen molar-refractivity contribution < 1.29 is 0 Å². The minimum Gasteiger partial charge on any atom is -0.368 e. The average molecular weight is 432 g/mol. The largest absolute Gasteiger partial charge is 0.368 e. The standard InChI is InChI=1S/C23H25N7S/c1-15(20-27-22(24)29-23(28-20)25-17-7-3-2-4-8-17)30-13-11-16(12-14-30)21-26-18-9-5-6-10-19(18)31-21/h2-10,15-16H,11-14H2,1H3,(H3,24,25,27,28,29). The van der Waals surface area contributed by atoms with Crippen LogP contribution in [-0.2, 0) is 0 Å². The first-order valence-corrected chi connectivity index (χ1v) is 11.4. The number of piperidine rings is 1. The highest BCUT2D eigenvalue weighted by molar-refractivity contribution is 7.18. The van der Waals surface area contributed by atoms with Crippen LogP contribution in [0.1, 0.15) is 42.6 Å². The summed E-state index contributed by atoms with van der Waals surface area (Å²) in [5.41, 5.74) is 8.02. The van der Waals surface area contributed by atoms with E-state index in [2.05, 4.69) is 56.4 Å². The van der Waals surface area contributed by atoms with Gasteiger partial charge >= 0.3 is 0 Å². The quantitative estimate of drug-likeness (QED) is 0.471. The van der Waals surface area contributed by atoms with Crippen LogP contribution in [0.3, 0.4) is 0 Å². The molecule has 0 saturated carbocycles. The summed E-state index contributed by atoms with van der Waals surface area (Å²) in [6.45, 7) is 4.10. The number of nitrogens with two attached hydrogens (primary N) is 1. The highest BCUT2D eigenvalue weighted by Crippen LogP contribution is 2.35. The summed E-state index contributed by atoms with van der Waals surface area (Å²) in [7, 11) is 0. The van der Waals surface area contributed by atoms with Crippen molar-refractivity contribution in [3.05, 3.63) is 65.4 Å². The normalized spacial score (nSPS) is 16.4. The van der Waals surface area contributed by atoms with Crippen molar-refractivity contribution in [1.82, 2.24) is 24.8 Å². The van der Waals surface area contributed by atoms with Crippen LogP contribution in [0.25, 0.3) is 10.2 Å². The van der Waals surface area contributed by atoms with Crippen LogP contribution >= 0.6 is 11.3 Å². The average Bonchev–Trinajstić information content (AvgIpc) is 3.23. The van der Waals surface area contributed by atoms with E-state index in [0.29, 0.717) is 17.7 Å². The van der Waals surface area contributed by atoms with E-state index in [4.69, 9.17) is 10.7 Å². The molecule has 7 nitrogen and oxygen atoms in total. The summed E-state index contributed by atoms with van der Waals surface area (Å²) in [6.07, 6.45) is 2.17. The highest BCUT2D eigenvalue weighted by Gasteiger charge is 2.28. The molecule has 1 atom stereocenters. The van der Waals surface area contributed by atoms with Gasteiger partial charge in [-0.05, 0) is 57.1 Å². The Bertz CT molecular complexity index is 1140. The number of nitrogens with zero attached hydrogens (tertiary/aromatic N) is 5. The Morgan fingerprint density at radius 3 is 2.48 bits per heavy atom. The Hall–Kier alpha value is -3.10. The Kier molecular flexibility index (Phi) is 5.48. The zero-order valence-electron chi connectivity index (χ0n) is 17.4. The smallest absolute Gasteiger partial charge is 0.232 e. The first-order chi connectivity index (χ1) is 15.2. The third kappa shape index (κ3) is 4.35. The van der Waals surface area contributed by atoms with Crippen molar-refractivity contribution in [2.24, 2.45) is 0 Å². The van der Waals surface area contributed by atoms with E-state index in [1.165, 1.54) is 9.71 Å². The Morgan fingerprint density at radius 1 is 0.968 bits per heavy atom. The van der Waals surface area contributed by atoms with Crippen molar-refractivity contribution >= 4 is 39.1 Å². The van der Waals surface area contributed by atoms with Crippen molar-refractivity contribution in [2.45, 2.75) is 31.7 Å². The van der Waals surface area contributed by atoms with Gasteiger partial charge in [-0.2, -0.15) is 15.0 Å². The van der Waals surface area contributed by atoms with Gasteiger partial charge in [0.2, 0.25) is 11.9 Å². The van der Waals surface area contributed by atoms with E-state index in [0.717, 1.165) is 37.1 Å². The second-order valence-electron chi connectivity index (χ2n) is 7.87. The molecule has 5 rings (SSSR count). The fourth-order valence-corrected chi connectivity index (χ4v) is 5.20. The fraction of sp³-hybridized carbons (Fsp3) is 0.304. The maximum Gasteiger partial charge on any atom is 0.232 e. The number of benzene rings is 2. The summed E-state index contributed by atoms with van der Waals surface area (Å²) in [4.78, 5) is 20.6. The second kappa shape index (κ2) is 8.56. The van der Waals surface area contributed by atoms with Crippen LogP contribution in [0, 0.1) is 0 Å². The third-order valence-corrected chi connectivity index (χ3v) is 7.01.